The number of carbonyl (C=O) groups excluding carboxylic acids is 2. The average Bonchev–Trinajstić information content (AvgIpc) is 2.42. The Morgan fingerprint density at radius 1 is 1.24 bits per heavy atom. The van der Waals surface area contributed by atoms with Gasteiger partial charge in [0, 0.05) is 0 Å². The van der Waals surface area contributed by atoms with Crippen LogP contribution in [0.25, 0.3) is 0 Å². The Bertz CT molecular complexity index is 500. The first-order valence-corrected chi connectivity index (χ1v) is 6.59. The van der Waals surface area contributed by atoms with Crippen molar-refractivity contribution >= 4 is 17.8 Å². The zero-order valence-corrected chi connectivity index (χ0v) is 12.0. The van der Waals surface area contributed by atoms with Crippen molar-refractivity contribution in [3.05, 3.63) is 35.9 Å². The maximum atomic E-state index is 11.7. The highest BCUT2D eigenvalue weighted by molar-refractivity contribution is 5.86. The molecule has 0 unspecified atom stereocenters. The number of alkyl carbamates (subject to hydrolysis) is 1. The van der Waals surface area contributed by atoms with E-state index in [1.165, 1.54) is 6.92 Å². The first-order chi connectivity index (χ1) is 9.90. The molecule has 0 radical (unpaired) electrons. The van der Waals surface area contributed by atoms with E-state index in [9.17, 15) is 14.4 Å². The molecule has 1 amide bonds. The van der Waals surface area contributed by atoms with Gasteiger partial charge in [-0.2, -0.15) is 0 Å². The standard InChI is InChI=1S/C15H19NO5/c1-10(8-13(18)19)14(11(2)17)16-15(20)21-9-12-6-4-3-5-7-12/h3-7,10,14H,8-9H2,1-2H3,(H,16,20)(H,18,19)/t10-,14+/m1/s1. The number of carbonyl (C=O) groups is 3. The Labute approximate surface area is 123 Å². The molecule has 0 heterocycles. The van der Waals surface area contributed by atoms with Crippen LogP contribution >= 0.6 is 0 Å². The molecule has 0 aliphatic heterocycles. The third kappa shape index (κ3) is 6.07. The molecule has 0 bridgehead atoms. The quantitative estimate of drug-likeness (QED) is 0.802. The minimum Gasteiger partial charge on any atom is -0.481 e. The van der Waals surface area contributed by atoms with Crippen LogP contribution in [0.2, 0.25) is 0 Å². The zero-order valence-electron chi connectivity index (χ0n) is 12.0. The summed E-state index contributed by atoms with van der Waals surface area (Å²) in [7, 11) is 0. The van der Waals surface area contributed by atoms with Crippen LogP contribution in [-0.2, 0) is 20.9 Å². The summed E-state index contributed by atoms with van der Waals surface area (Å²) in [4.78, 5) is 33.9. The fraction of sp³-hybridized carbons (Fsp3) is 0.400. The van der Waals surface area contributed by atoms with E-state index < -0.39 is 24.0 Å². The first kappa shape index (κ1) is 16.7. The van der Waals surface area contributed by atoms with Gasteiger partial charge in [0.15, 0.2) is 5.78 Å². The van der Waals surface area contributed by atoms with Gasteiger partial charge >= 0.3 is 12.1 Å². The lowest BCUT2D eigenvalue weighted by molar-refractivity contribution is -0.138. The van der Waals surface area contributed by atoms with E-state index in [-0.39, 0.29) is 18.8 Å². The van der Waals surface area contributed by atoms with Crippen LogP contribution in [0.15, 0.2) is 30.3 Å². The molecule has 0 spiro atoms. The molecule has 1 rings (SSSR count). The molecule has 6 heteroatoms. The van der Waals surface area contributed by atoms with E-state index >= 15 is 0 Å². The minimum atomic E-state index is -1.02. The number of carboxylic acids is 1. The lowest BCUT2D eigenvalue weighted by atomic mass is 9.95. The summed E-state index contributed by atoms with van der Waals surface area (Å²) in [5.74, 6) is -1.84. The number of aliphatic carboxylic acids is 1. The molecule has 2 N–H and O–H groups in total. The van der Waals surface area contributed by atoms with Gasteiger partial charge in [0.05, 0.1) is 12.5 Å². The number of amides is 1. The van der Waals surface area contributed by atoms with Gasteiger partial charge in [0.2, 0.25) is 0 Å². The fourth-order valence-electron chi connectivity index (χ4n) is 1.93. The van der Waals surface area contributed by atoms with Crippen LogP contribution in [0.5, 0.6) is 0 Å². The van der Waals surface area contributed by atoms with Gasteiger partial charge in [-0.1, -0.05) is 37.3 Å². The number of rotatable bonds is 7. The van der Waals surface area contributed by atoms with Crippen LogP contribution in [0.1, 0.15) is 25.8 Å². The number of benzene rings is 1. The molecule has 0 fully saturated rings. The van der Waals surface area contributed by atoms with Crippen molar-refractivity contribution in [3.63, 3.8) is 0 Å². The van der Waals surface area contributed by atoms with Gasteiger partial charge in [0.25, 0.3) is 0 Å². The average molecular weight is 293 g/mol. The number of hydrogen-bond donors (Lipinski definition) is 2. The third-order valence-electron chi connectivity index (χ3n) is 2.99. The summed E-state index contributed by atoms with van der Waals surface area (Å²) in [5, 5.41) is 11.2. The molecule has 0 saturated heterocycles. The van der Waals surface area contributed by atoms with E-state index in [1.54, 1.807) is 6.92 Å². The predicted molar refractivity (Wildman–Crippen MR) is 75.6 cm³/mol. The molecule has 0 aromatic heterocycles. The second-order valence-electron chi connectivity index (χ2n) is 4.87. The second kappa shape index (κ2) is 8.04. The van der Waals surface area contributed by atoms with Crippen molar-refractivity contribution < 1.29 is 24.2 Å². The summed E-state index contributed by atoms with van der Waals surface area (Å²) >= 11 is 0. The molecule has 1 aromatic rings. The summed E-state index contributed by atoms with van der Waals surface area (Å²) in [5.41, 5.74) is 0.825. The molecule has 6 nitrogen and oxygen atoms in total. The minimum absolute atomic E-state index is 0.0879. The second-order valence-corrected chi connectivity index (χ2v) is 4.87. The molecule has 0 aliphatic carbocycles. The van der Waals surface area contributed by atoms with Gasteiger partial charge in [-0.05, 0) is 18.4 Å². The van der Waals surface area contributed by atoms with Crippen molar-refractivity contribution in [1.29, 1.82) is 0 Å². The fourth-order valence-corrected chi connectivity index (χ4v) is 1.93. The maximum absolute atomic E-state index is 11.7. The Balaban J connectivity index is 2.52. The van der Waals surface area contributed by atoms with E-state index in [1.807, 2.05) is 30.3 Å². The molecule has 2 atom stereocenters. The van der Waals surface area contributed by atoms with E-state index in [2.05, 4.69) is 5.32 Å². The predicted octanol–water partition coefficient (Wildman–Crippen LogP) is 1.98. The molecular weight excluding hydrogens is 274 g/mol. The van der Waals surface area contributed by atoms with E-state index in [0.717, 1.165) is 5.56 Å². The van der Waals surface area contributed by atoms with Crippen LogP contribution in [0, 0.1) is 5.92 Å². The van der Waals surface area contributed by atoms with E-state index in [0.29, 0.717) is 0 Å². The lowest BCUT2D eigenvalue weighted by Gasteiger charge is -2.21. The smallest absolute Gasteiger partial charge is 0.408 e. The van der Waals surface area contributed by atoms with Crippen LogP contribution in [0.3, 0.4) is 0 Å². The number of Topliss-reactive ketones (excluding diaryl/α,β-unsaturated/α-hetero) is 1. The Morgan fingerprint density at radius 2 is 1.86 bits per heavy atom. The van der Waals surface area contributed by atoms with Crippen molar-refractivity contribution in [3.8, 4) is 0 Å². The number of nitrogens with one attached hydrogen (secondary N) is 1. The normalized spacial score (nSPS) is 13.0. The summed E-state index contributed by atoms with van der Waals surface area (Å²) < 4.78 is 5.01. The number of ether oxygens (including phenoxy) is 1. The molecule has 0 saturated carbocycles. The summed E-state index contributed by atoms with van der Waals surface area (Å²) in [6, 6.07) is 8.24. The molecule has 1 aromatic carbocycles. The monoisotopic (exact) mass is 293 g/mol. The number of carboxylic acid groups (broad SMARTS) is 1. The summed E-state index contributed by atoms with van der Waals surface area (Å²) in [6.45, 7) is 2.99. The maximum Gasteiger partial charge on any atom is 0.408 e. The van der Waals surface area contributed by atoms with Crippen LogP contribution in [-0.4, -0.2) is 29.0 Å². The van der Waals surface area contributed by atoms with Gasteiger partial charge in [-0.25, -0.2) is 4.79 Å². The highest BCUT2D eigenvalue weighted by Gasteiger charge is 2.26. The zero-order chi connectivity index (χ0) is 15.8. The third-order valence-corrected chi connectivity index (χ3v) is 2.99. The largest absolute Gasteiger partial charge is 0.481 e. The Kier molecular flexibility index (Phi) is 6.39. The van der Waals surface area contributed by atoms with Crippen molar-refractivity contribution in [2.45, 2.75) is 32.9 Å². The summed E-state index contributed by atoms with van der Waals surface area (Å²) in [6.07, 6.45) is -0.945. The van der Waals surface area contributed by atoms with Gasteiger partial charge in [-0.3, -0.25) is 9.59 Å². The SMILES string of the molecule is CC(=O)[C@@H](NC(=O)OCc1ccccc1)[C@H](C)CC(=O)O. The molecule has 21 heavy (non-hydrogen) atoms. The topological polar surface area (TPSA) is 92.7 Å². The Morgan fingerprint density at radius 3 is 2.38 bits per heavy atom. The van der Waals surface area contributed by atoms with E-state index in [4.69, 9.17) is 9.84 Å². The first-order valence-electron chi connectivity index (χ1n) is 6.59. The lowest BCUT2D eigenvalue weighted by Crippen LogP contribution is -2.45. The van der Waals surface area contributed by atoms with Crippen molar-refractivity contribution in [2.75, 3.05) is 0 Å². The highest BCUT2D eigenvalue weighted by atomic mass is 16.5. The molecule has 114 valence electrons. The van der Waals surface area contributed by atoms with Gasteiger partial charge in [-0.15, -0.1) is 0 Å². The molecule has 0 aliphatic rings. The highest BCUT2D eigenvalue weighted by Crippen LogP contribution is 2.10. The molecular formula is C15H19NO5. The van der Waals surface area contributed by atoms with Crippen molar-refractivity contribution in [1.82, 2.24) is 5.32 Å². The van der Waals surface area contributed by atoms with Gasteiger partial charge < -0.3 is 15.2 Å². The van der Waals surface area contributed by atoms with Gasteiger partial charge in [0.1, 0.15) is 6.61 Å². The number of hydrogen-bond acceptors (Lipinski definition) is 4. The van der Waals surface area contributed by atoms with Crippen LogP contribution < -0.4 is 5.32 Å². The Hall–Kier alpha value is -2.37. The van der Waals surface area contributed by atoms with Crippen LogP contribution in [0.4, 0.5) is 4.79 Å². The van der Waals surface area contributed by atoms with Crippen molar-refractivity contribution in [2.24, 2.45) is 5.92 Å². The number of ketones is 1.